The molecule has 5 nitrogen and oxygen atoms in total. The summed E-state index contributed by atoms with van der Waals surface area (Å²) in [5, 5.41) is 5.05. The lowest BCUT2D eigenvalue weighted by Gasteiger charge is -2.06. The Kier molecular flexibility index (Phi) is 4.28. The van der Waals surface area contributed by atoms with Crippen molar-refractivity contribution in [1.29, 1.82) is 0 Å². The fraction of sp³-hybridized carbons (Fsp3) is 0.222. The number of carbonyl (C=O) groups is 1. The second-order valence-electron chi connectivity index (χ2n) is 5.48. The Hall–Kier alpha value is -2.82. The van der Waals surface area contributed by atoms with Crippen molar-refractivity contribution in [2.75, 3.05) is 12.4 Å². The number of rotatable bonds is 5. The summed E-state index contributed by atoms with van der Waals surface area (Å²) in [6.45, 7) is 2.28. The Morgan fingerprint density at radius 3 is 2.83 bits per heavy atom. The standard InChI is InChI=1S/C18H19N3O2/c1-13(22)20-18-11-21(12-19-18)8-7-14-3-4-15-5-6-17(23-2)10-16(15)9-14/h3-6,9-12H,7-8H2,1-2H3,(H,20,22). The largest absolute Gasteiger partial charge is 0.497 e. The highest BCUT2D eigenvalue weighted by molar-refractivity contribution is 5.87. The number of nitrogens with one attached hydrogen (secondary N) is 1. The Morgan fingerprint density at radius 1 is 1.22 bits per heavy atom. The first-order valence-electron chi connectivity index (χ1n) is 7.50. The van der Waals surface area contributed by atoms with Gasteiger partial charge in [0.2, 0.25) is 5.91 Å². The zero-order valence-corrected chi connectivity index (χ0v) is 13.2. The van der Waals surface area contributed by atoms with Gasteiger partial charge in [0.15, 0.2) is 5.82 Å². The maximum absolute atomic E-state index is 11.0. The van der Waals surface area contributed by atoms with E-state index in [2.05, 4.69) is 34.6 Å². The smallest absolute Gasteiger partial charge is 0.222 e. The minimum absolute atomic E-state index is 0.112. The molecule has 1 amide bonds. The van der Waals surface area contributed by atoms with E-state index in [0.717, 1.165) is 18.7 Å². The molecule has 0 fully saturated rings. The molecule has 0 aliphatic carbocycles. The fourth-order valence-electron chi connectivity index (χ4n) is 2.54. The Bertz CT molecular complexity index is 839. The van der Waals surface area contributed by atoms with Crippen molar-refractivity contribution in [3.05, 3.63) is 54.5 Å². The third-order valence-electron chi connectivity index (χ3n) is 3.71. The molecule has 1 heterocycles. The normalized spacial score (nSPS) is 10.7. The Morgan fingerprint density at radius 2 is 2.04 bits per heavy atom. The molecule has 0 aliphatic heterocycles. The molecule has 0 bridgehead atoms. The first kappa shape index (κ1) is 15.1. The predicted octanol–water partition coefficient (Wildman–Crippen LogP) is 3.25. The maximum Gasteiger partial charge on any atom is 0.222 e. The Balaban J connectivity index is 1.71. The van der Waals surface area contributed by atoms with Gasteiger partial charge in [0.05, 0.1) is 13.4 Å². The lowest BCUT2D eigenvalue weighted by atomic mass is 10.0. The molecule has 3 aromatic rings. The van der Waals surface area contributed by atoms with Crippen molar-refractivity contribution >= 4 is 22.5 Å². The molecule has 1 aromatic heterocycles. The topological polar surface area (TPSA) is 56.1 Å². The minimum Gasteiger partial charge on any atom is -0.497 e. The van der Waals surface area contributed by atoms with Gasteiger partial charge >= 0.3 is 0 Å². The van der Waals surface area contributed by atoms with Crippen LogP contribution in [-0.2, 0) is 17.8 Å². The molecular formula is C18H19N3O2. The molecular weight excluding hydrogens is 290 g/mol. The number of fused-ring (bicyclic) bond motifs is 1. The molecule has 0 spiro atoms. The van der Waals surface area contributed by atoms with E-state index in [9.17, 15) is 4.79 Å². The number of amides is 1. The zero-order chi connectivity index (χ0) is 16.2. The average Bonchev–Trinajstić information content (AvgIpc) is 2.98. The summed E-state index contributed by atoms with van der Waals surface area (Å²) in [7, 11) is 1.68. The first-order chi connectivity index (χ1) is 11.1. The summed E-state index contributed by atoms with van der Waals surface area (Å²) in [4.78, 5) is 15.2. The van der Waals surface area contributed by atoms with Crippen LogP contribution in [-0.4, -0.2) is 22.6 Å². The van der Waals surface area contributed by atoms with Crippen molar-refractivity contribution in [3.8, 4) is 5.75 Å². The molecule has 1 N–H and O–H groups in total. The van der Waals surface area contributed by atoms with Gasteiger partial charge in [-0.1, -0.05) is 24.3 Å². The molecule has 2 aromatic carbocycles. The second kappa shape index (κ2) is 6.52. The molecule has 3 rings (SSSR count). The fourth-order valence-corrected chi connectivity index (χ4v) is 2.54. The third kappa shape index (κ3) is 3.69. The summed E-state index contributed by atoms with van der Waals surface area (Å²) >= 11 is 0. The van der Waals surface area contributed by atoms with Gasteiger partial charge < -0.3 is 14.6 Å². The van der Waals surface area contributed by atoms with Gasteiger partial charge in [-0.25, -0.2) is 4.98 Å². The summed E-state index contributed by atoms with van der Waals surface area (Å²) in [6.07, 6.45) is 4.46. The number of ether oxygens (including phenoxy) is 1. The van der Waals surface area contributed by atoms with Gasteiger partial charge in [-0.05, 0) is 34.9 Å². The van der Waals surface area contributed by atoms with E-state index in [1.165, 1.54) is 23.3 Å². The number of aryl methyl sites for hydroxylation is 2. The number of carbonyl (C=O) groups excluding carboxylic acids is 1. The number of nitrogens with zero attached hydrogens (tertiary/aromatic N) is 2. The van der Waals surface area contributed by atoms with Crippen molar-refractivity contribution in [1.82, 2.24) is 9.55 Å². The highest BCUT2D eigenvalue weighted by atomic mass is 16.5. The number of hydrogen-bond donors (Lipinski definition) is 1. The lowest BCUT2D eigenvalue weighted by molar-refractivity contribution is -0.114. The van der Waals surface area contributed by atoms with Crippen molar-refractivity contribution in [2.24, 2.45) is 0 Å². The monoisotopic (exact) mass is 309 g/mol. The number of methoxy groups -OCH3 is 1. The molecule has 0 saturated heterocycles. The van der Waals surface area contributed by atoms with Gasteiger partial charge in [0.1, 0.15) is 5.75 Å². The van der Waals surface area contributed by atoms with Gasteiger partial charge in [0.25, 0.3) is 0 Å². The van der Waals surface area contributed by atoms with Crippen molar-refractivity contribution < 1.29 is 9.53 Å². The number of benzene rings is 2. The maximum atomic E-state index is 11.0. The first-order valence-corrected chi connectivity index (χ1v) is 7.50. The number of aromatic nitrogens is 2. The molecule has 118 valence electrons. The second-order valence-corrected chi connectivity index (χ2v) is 5.48. The molecule has 0 saturated carbocycles. The molecule has 0 radical (unpaired) electrons. The number of imidazole rings is 1. The van der Waals surface area contributed by atoms with Crippen LogP contribution in [0, 0.1) is 0 Å². The SMILES string of the molecule is COc1ccc2ccc(CCn3cnc(NC(C)=O)c3)cc2c1. The molecule has 0 atom stereocenters. The Labute approximate surface area is 134 Å². The van der Waals surface area contributed by atoms with Crippen LogP contribution in [0.5, 0.6) is 5.75 Å². The highest BCUT2D eigenvalue weighted by Crippen LogP contribution is 2.22. The van der Waals surface area contributed by atoms with Crippen LogP contribution in [0.25, 0.3) is 10.8 Å². The van der Waals surface area contributed by atoms with Gasteiger partial charge in [-0.3, -0.25) is 4.79 Å². The molecule has 0 aliphatic rings. The van der Waals surface area contributed by atoms with E-state index in [4.69, 9.17) is 4.74 Å². The summed E-state index contributed by atoms with van der Waals surface area (Å²) in [6, 6.07) is 12.5. The van der Waals surface area contributed by atoms with Gasteiger partial charge in [-0.2, -0.15) is 0 Å². The van der Waals surface area contributed by atoms with Crippen LogP contribution in [0.3, 0.4) is 0 Å². The predicted molar refractivity (Wildman–Crippen MR) is 90.7 cm³/mol. The molecule has 23 heavy (non-hydrogen) atoms. The van der Waals surface area contributed by atoms with Crippen LogP contribution in [0.2, 0.25) is 0 Å². The van der Waals surface area contributed by atoms with Crippen LogP contribution >= 0.6 is 0 Å². The third-order valence-corrected chi connectivity index (χ3v) is 3.71. The minimum atomic E-state index is -0.112. The quantitative estimate of drug-likeness (QED) is 0.787. The van der Waals surface area contributed by atoms with Gasteiger partial charge in [0, 0.05) is 19.7 Å². The number of anilines is 1. The molecule has 5 heteroatoms. The van der Waals surface area contributed by atoms with Crippen LogP contribution in [0.4, 0.5) is 5.82 Å². The average molecular weight is 309 g/mol. The van der Waals surface area contributed by atoms with Gasteiger partial charge in [-0.15, -0.1) is 0 Å². The lowest BCUT2D eigenvalue weighted by Crippen LogP contribution is -2.05. The summed E-state index contributed by atoms with van der Waals surface area (Å²) in [5.74, 6) is 1.34. The van der Waals surface area contributed by atoms with Crippen LogP contribution < -0.4 is 10.1 Å². The molecule has 0 unspecified atom stereocenters. The van der Waals surface area contributed by atoms with Crippen molar-refractivity contribution in [3.63, 3.8) is 0 Å². The van der Waals surface area contributed by atoms with E-state index in [-0.39, 0.29) is 5.91 Å². The number of hydrogen-bond acceptors (Lipinski definition) is 3. The zero-order valence-electron chi connectivity index (χ0n) is 13.2. The van der Waals surface area contributed by atoms with E-state index < -0.39 is 0 Å². The summed E-state index contributed by atoms with van der Waals surface area (Å²) < 4.78 is 7.25. The van der Waals surface area contributed by atoms with E-state index >= 15 is 0 Å². The van der Waals surface area contributed by atoms with Crippen LogP contribution in [0.1, 0.15) is 12.5 Å². The highest BCUT2D eigenvalue weighted by Gasteiger charge is 2.02. The van der Waals surface area contributed by atoms with E-state index in [0.29, 0.717) is 5.82 Å². The van der Waals surface area contributed by atoms with E-state index in [1.807, 2.05) is 22.9 Å². The van der Waals surface area contributed by atoms with Crippen LogP contribution in [0.15, 0.2) is 48.9 Å². The summed E-state index contributed by atoms with van der Waals surface area (Å²) in [5.41, 5.74) is 1.25. The van der Waals surface area contributed by atoms with E-state index in [1.54, 1.807) is 13.4 Å². The van der Waals surface area contributed by atoms with Crippen molar-refractivity contribution in [2.45, 2.75) is 19.9 Å².